The molecule has 8 heteroatoms. The molecule has 2 aromatic rings. The maximum Gasteiger partial charge on any atom is 0.407 e. The van der Waals surface area contributed by atoms with Crippen LogP contribution in [0.25, 0.3) is 11.1 Å². The summed E-state index contributed by atoms with van der Waals surface area (Å²) in [6, 6.07) is 15.3. The smallest absolute Gasteiger partial charge is 0.407 e. The number of fused-ring (bicyclic) bond motifs is 3. The monoisotopic (exact) mass is 480 g/mol. The molecule has 1 saturated heterocycles. The molecular weight excluding hydrogens is 448 g/mol. The van der Waals surface area contributed by atoms with Crippen molar-refractivity contribution in [2.24, 2.45) is 5.41 Å². The van der Waals surface area contributed by atoms with Gasteiger partial charge < -0.3 is 25.2 Å². The normalized spacial score (nSPS) is 19.8. The number of amides is 2. The first-order valence-corrected chi connectivity index (χ1v) is 12.2. The molecule has 4 rings (SSSR count). The number of aliphatic carboxylic acids is 1. The summed E-state index contributed by atoms with van der Waals surface area (Å²) in [5, 5.41) is 15.1. The number of carbonyl (C=O) groups is 3. The van der Waals surface area contributed by atoms with E-state index in [1.807, 2.05) is 43.3 Å². The molecule has 3 N–H and O–H groups in total. The summed E-state index contributed by atoms with van der Waals surface area (Å²) >= 11 is 0. The SMILES string of the molecule is CCC[C@@H](NC(=O)OCC1c2ccccc2-c2ccccc21)C(=O)NCC1(C(=O)O)CCCOC1. The third kappa shape index (κ3) is 5.32. The van der Waals surface area contributed by atoms with E-state index in [4.69, 9.17) is 9.47 Å². The molecule has 0 bridgehead atoms. The molecule has 0 saturated carbocycles. The molecule has 0 spiro atoms. The Morgan fingerprint density at radius 1 is 1.11 bits per heavy atom. The number of hydrogen-bond donors (Lipinski definition) is 3. The first kappa shape index (κ1) is 24.7. The van der Waals surface area contributed by atoms with Gasteiger partial charge in [0.15, 0.2) is 0 Å². The van der Waals surface area contributed by atoms with E-state index in [0.717, 1.165) is 22.3 Å². The summed E-state index contributed by atoms with van der Waals surface area (Å²) in [6.07, 6.45) is 1.45. The Morgan fingerprint density at radius 2 is 1.77 bits per heavy atom. The van der Waals surface area contributed by atoms with Crippen molar-refractivity contribution in [1.29, 1.82) is 0 Å². The highest BCUT2D eigenvalue weighted by molar-refractivity contribution is 5.86. The van der Waals surface area contributed by atoms with E-state index in [9.17, 15) is 19.5 Å². The molecule has 186 valence electrons. The van der Waals surface area contributed by atoms with Crippen molar-refractivity contribution in [1.82, 2.24) is 10.6 Å². The summed E-state index contributed by atoms with van der Waals surface area (Å²) in [7, 11) is 0. The Labute approximate surface area is 205 Å². The predicted molar refractivity (Wildman–Crippen MR) is 130 cm³/mol. The Balaban J connectivity index is 1.36. The van der Waals surface area contributed by atoms with Gasteiger partial charge in [0.05, 0.1) is 6.61 Å². The first-order chi connectivity index (χ1) is 16.9. The molecule has 0 radical (unpaired) electrons. The summed E-state index contributed by atoms with van der Waals surface area (Å²) in [4.78, 5) is 37.3. The zero-order valence-electron chi connectivity index (χ0n) is 19.9. The predicted octanol–water partition coefficient (Wildman–Crippen LogP) is 3.69. The molecule has 1 fully saturated rings. The third-order valence-electron chi connectivity index (χ3n) is 6.91. The fourth-order valence-corrected chi connectivity index (χ4v) is 4.96. The summed E-state index contributed by atoms with van der Waals surface area (Å²) < 4.78 is 10.9. The molecule has 35 heavy (non-hydrogen) atoms. The second-order valence-electron chi connectivity index (χ2n) is 9.27. The fourth-order valence-electron chi connectivity index (χ4n) is 4.96. The molecule has 0 aromatic heterocycles. The van der Waals surface area contributed by atoms with Gasteiger partial charge in [-0.3, -0.25) is 9.59 Å². The van der Waals surface area contributed by atoms with Crippen molar-refractivity contribution < 1.29 is 29.0 Å². The molecule has 2 aliphatic rings. The van der Waals surface area contributed by atoms with Crippen molar-refractivity contribution in [3.8, 4) is 11.1 Å². The molecular formula is C27H32N2O6. The summed E-state index contributed by atoms with van der Waals surface area (Å²) in [5.74, 6) is -1.49. The Kier molecular flexibility index (Phi) is 7.70. The minimum atomic E-state index is -1.14. The number of ether oxygens (including phenoxy) is 2. The Hall–Kier alpha value is -3.39. The first-order valence-electron chi connectivity index (χ1n) is 12.2. The summed E-state index contributed by atoms with van der Waals surface area (Å²) in [6.45, 7) is 2.59. The van der Waals surface area contributed by atoms with Crippen molar-refractivity contribution in [2.75, 3.05) is 26.4 Å². The molecule has 1 aliphatic carbocycles. The van der Waals surface area contributed by atoms with E-state index in [1.165, 1.54) is 0 Å². The van der Waals surface area contributed by atoms with Crippen LogP contribution in [0.4, 0.5) is 4.79 Å². The van der Waals surface area contributed by atoms with Crippen LogP contribution in [-0.4, -0.2) is 55.5 Å². The number of nitrogens with one attached hydrogen (secondary N) is 2. The molecule has 8 nitrogen and oxygen atoms in total. The maximum atomic E-state index is 12.8. The van der Waals surface area contributed by atoms with Gasteiger partial charge in [0.25, 0.3) is 0 Å². The highest BCUT2D eigenvalue weighted by Gasteiger charge is 2.41. The fraction of sp³-hybridized carbons (Fsp3) is 0.444. The van der Waals surface area contributed by atoms with E-state index in [2.05, 4.69) is 22.8 Å². The van der Waals surface area contributed by atoms with Crippen molar-refractivity contribution >= 4 is 18.0 Å². The van der Waals surface area contributed by atoms with Crippen LogP contribution in [0.3, 0.4) is 0 Å². The van der Waals surface area contributed by atoms with Crippen LogP contribution in [0.2, 0.25) is 0 Å². The van der Waals surface area contributed by atoms with Crippen LogP contribution >= 0.6 is 0 Å². The van der Waals surface area contributed by atoms with Gasteiger partial charge in [-0.05, 0) is 41.5 Å². The van der Waals surface area contributed by atoms with Crippen LogP contribution < -0.4 is 10.6 Å². The average molecular weight is 481 g/mol. The molecule has 2 aromatic carbocycles. The highest BCUT2D eigenvalue weighted by atomic mass is 16.5. The highest BCUT2D eigenvalue weighted by Crippen LogP contribution is 2.44. The number of carbonyl (C=O) groups excluding carboxylic acids is 2. The van der Waals surface area contributed by atoms with E-state index in [-0.39, 0.29) is 25.7 Å². The average Bonchev–Trinajstić information content (AvgIpc) is 3.20. The second kappa shape index (κ2) is 10.9. The van der Waals surface area contributed by atoms with E-state index in [0.29, 0.717) is 32.3 Å². The lowest BCUT2D eigenvalue weighted by Crippen LogP contribution is -2.53. The van der Waals surface area contributed by atoms with Gasteiger partial charge in [-0.25, -0.2) is 4.79 Å². The van der Waals surface area contributed by atoms with Crippen LogP contribution in [0.1, 0.15) is 49.7 Å². The molecule has 1 aliphatic heterocycles. The van der Waals surface area contributed by atoms with Gasteiger partial charge >= 0.3 is 12.1 Å². The lowest BCUT2D eigenvalue weighted by molar-refractivity contribution is -0.157. The minimum Gasteiger partial charge on any atom is -0.481 e. The van der Waals surface area contributed by atoms with Crippen molar-refractivity contribution in [2.45, 2.75) is 44.6 Å². The standard InChI is InChI=1S/C27H32N2O6/c1-2-8-23(24(30)28-16-27(25(31)32)13-7-14-34-17-27)29-26(33)35-15-22-20-11-5-3-9-18(20)19-10-4-6-12-21(19)22/h3-6,9-12,22-23H,2,7-8,13-17H2,1H3,(H,28,30)(H,29,33)(H,31,32)/t23-,27?/m1/s1. The lowest BCUT2D eigenvalue weighted by Gasteiger charge is -2.33. The van der Waals surface area contributed by atoms with Crippen molar-refractivity contribution in [3.63, 3.8) is 0 Å². The molecule has 2 amide bonds. The molecule has 2 atom stereocenters. The van der Waals surface area contributed by atoms with Gasteiger partial charge in [0.1, 0.15) is 18.1 Å². The van der Waals surface area contributed by atoms with Crippen LogP contribution in [-0.2, 0) is 19.1 Å². The third-order valence-corrected chi connectivity index (χ3v) is 6.91. The zero-order chi connectivity index (χ0) is 24.8. The van der Waals surface area contributed by atoms with E-state index < -0.39 is 29.4 Å². The maximum absolute atomic E-state index is 12.8. The topological polar surface area (TPSA) is 114 Å². The van der Waals surface area contributed by atoms with E-state index >= 15 is 0 Å². The Morgan fingerprint density at radius 3 is 2.34 bits per heavy atom. The quantitative estimate of drug-likeness (QED) is 0.504. The minimum absolute atomic E-state index is 0.0479. The van der Waals surface area contributed by atoms with Gasteiger partial charge in [0, 0.05) is 19.1 Å². The van der Waals surface area contributed by atoms with Crippen LogP contribution in [0.15, 0.2) is 48.5 Å². The number of alkyl carbamates (subject to hydrolysis) is 1. The van der Waals surface area contributed by atoms with Crippen LogP contribution in [0, 0.1) is 5.41 Å². The van der Waals surface area contributed by atoms with Gasteiger partial charge in [-0.2, -0.15) is 0 Å². The zero-order valence-corrected chi connectivity index (χ0v) is 19.9. The van der Waals surface area contributed by atoms with E-state index in [1.54, 1.807) is 0 Å². The molecule has 1 unspecified atom stereocenters. The number of carboxylic acids is 1. The largest absolute Gasteiger partial charge is 0.481 e. The number of benzene rings is 2. The van der Waals surface area contributed by atoms with Gasteiger partial charge in [-0.1, -0.05) is 61.9 Å². The molecule has 1 heterocycles. The Bertz CT molecular complexity index is 1030. The van der Waals surface area contributed by atoms with Gasteiger partial charge in [-0.15, -0.1) is 0 Å². The number of hydrogen-bond acceptors (Lipinski definition) is 5. The van der Waals surface area contributed by atoms with Crippen LogP contribution in [0.5, 0.6) is 0 Å². The van der Waals surface area contributed by atoms with Crippen molar-refractivity contribution in [3.05, 3.63) is 59.7 Å². The number of rotatable bonds is 9. The lowest BCUT2D eigenvalue weighted by atomic mass is 9.82. The van der Waals surface area contributed by atoms with Gasteiger partial charge in [0.2, 0.25) is 5.91 Å². The summed E-state index contributed by atoms with van der Waals surface area (Å²) in [5.41, 5.74) is 3.35. The number of carboxylic acid groups (broad SMARTS) is 1. The second-order valence-corrected chi connectivity index (χ2v) is 9.27.